The largest absolute Gasteiger partial charge is 0.481 e. The monoisotopic (exact) mass is 283 g/mol. The fourth-order valence-corrected chi connectivity index (χ4v) is 2.32. The summed E-state index contributed by atoms with van der Waals surface area (Å²) in [6.07, 6.45) is 3.25. The van der Waals surface area contributed by atoms with Gasteiger partial charge in [0.15, 0.2) is 0 Å². The molecule has 0 aromatic rings. The maximum Gasteiger partial charge on any atom is 0.317 e. The van der Waals surface area contributed by atoms with Crippen molar-refractivity contribution in [1.82, 2.24) is 15.5 Å². The average molecular weight is 283 g/mol. The maximum atomic E-state index is 11.9. The number of rotatable bonds is 5. The third-order valence-electron chi connectivity index (χ3n) is 3.71. The second-order valence-corrected chi connectivity index (χ2v) is 5.42. The van der Waals surface area contributed by atoms with Crippen LogP contribution in [0, 0.1) is 11.8 Å². The van der Waals surface area contributed by atoms with E-state index in [1.165, 1.54) is 4.90 Å². The van der Waals surface area contributed by atoms with Crippen LogP contribution in [0.5, 0.6) is 0 Å². The Labute approximate surface area is 117 Å². The third kappa shape index (κ3) is 4.11. The summed E-state index contributed by atoms with van der Waals surface area (Å²) in [6.45, 7) is 1.63. The molecule has 20 heavy (non-hydrogen) atoms. The van der Waals surface area contributed by atoms with Crippen molar-refractivity contribution in [3.05, 3.63) is 0 Å². The molecule has 112 valence electrons. The molecular formula is C13H21N3O4. The first-order valence-electron chi connectivity index (χ1n) is 7.11. The molecule has 2 fully saturated rings. The number of nitrogens with zero attached hydrogens (tertiary/aromatic N) is 1. The Hall–Kier alpha value is -1.79. The number of carbonyl (C=O) groups excluding carboxylic acids is 2. The number of likely N-dealkylation sites (tertiary alicyclic amines) is 1. The number of nitrogens with one attached hydrogen (secondary N) is 2. The lowest BCUT2D eigenvalue weighted by Gasteiger charge is -2.30. The van der Waals surface area contributed by atoms with Crippen molar-refractivity contribution in [2.45, 2.75) is 25.7 Å². The molecule has 1 saturated carbocycles. The van der Waals surface area contributed by atoms with E-state index < -0.39 is 11.9 Å². The van der Waals surface area contributed by atoms with E-state index in [1.54, 1.807) is 0 Å². The number of hydrogen-bond acceptors (Lipinski definition) is 3. The fourth-order valence-electron chi connectivity index (χ4n) is 2.32. The first-order chi connectivity index (χ1) is 9.58. The lowest BCUT2D eigenvalue weighted by atomic mass is 9.99. The van der Waals surface area contributed by atoms with E-state index in [-0.39, 0.29) is 24.4 Å². The van der Waals surface area contributed by atoms with Crippen molar-refractivity contribution in [1.29, 1.82) is 0 Å². The molecule has 1 heterocycles. The van der Waals surface area contributed by atoms with Crippen molar-refractivity contribution >= 4 is 17.9 Å². The molecule has 7 heteroatoms. The third-order valence-corrected chi connectivity index (χ3v) is 3.71. The Balaban J connectivity index is 1.63. The second-order valence-electron chi connectivity index (χ2n) is 5.42. The minimum absolute atomic E-state index is 0.0585. The molecule has 1 atom stereocenters. The molecule has 3 N–H and O–H groups in total. The molecule has 1 aliphatic carbocycles. The smallest absolute Gasteiger partial charge is 0.317 e. The van der Waals surface area contributed by atoms with Gasteiger partial charge < -0.3 is 20.6 Å². The van der Waals surface area contributed by atoms with E-state index in [0.717, 1.165) is 12.8 Å². The number of carboxylic acid groups (broad SMARTS) is 1. The Morgan fingerprint density at radius 3 is 2.40 bits per heavy atom. The summed E-state index contributed by atoms with van der Waals surface area (Å²) >= 11 is 0. The Morgan fingerprint density at radius 2 is 1.75 bits per heavy atom. The molecule has 2 aliphatic rings. The zero-order valence-corrected chi connectivity index (χ0v) is 11.4. The quantitative estimate of drug-likeness (QED) is 0.619. The molecule has 2 rings (SSSR count). The standard InChI is InChI=1S/C13H21N3O4/c17-11(9-3-4-9)14-5-6-15-13(20)16-7-1-2-10(8-16)12(18)19/h9-10H,1-8H2,(H,14,17)(H,15,20)(H,18,19)/t10-/m0/s1. The van der Waals surface area contributed by atoms with Crippen LogP contribution in [0.1, 0.15) is 25.7 Å². The van der Waals surface area contributed by atoms with E-state index in [2.05, 4.69) is 10.6 Å². The highest BCUT2D eigenvalue weighted by molar-refractivity contribution is 5.81. The van der Waals surface area contributed by atoms with E-state index in [1.807, 2.05) is 0 Å². The first kappa shape index (κ1) is 14.6. The van der Waals surface area contributed by atoms with E-state index >= 15 is 0 Å². The number of carboxylic acids is 1. The van der Waals surface area contributed by atoms with Crippen molar-refractivity contribution in [2.24, 2.45) is 11.8 Å². The molecule has 1 aliphatic heterocycles. The normalized spacial score (nSPS) is 22.2. The highest BCUT2D eigenvalue weighted by atomic mass is 16.4. The average Bonchev–Trinajstić information content (AvgIpc) is 3.27. The van der Waals surface area contributed by atoms with Gasteiger partial charge in [0.05, 0.1) is 5.92 Å². The number of urea groups is 1. The van der Waals surface area contributed by atoms with Crippen molar-refractivity contribution in [3.63, 3.8) is 0 Å². The Kier molecular flexibility index (Phi) is 4.81. The van der Waals surface area contributed by atoms with E-state index in [9.17, 15) is 14.4 Å². The van der Waals surface area contributed by atoms with Crippen LogP contribution < -0.4 is 10.6 Å². The molecule has 0 aromatic carbocycles. The summed E-state index contributed by atoms with van der Waals surface area (Å²) in [5.74, 6) is -1.09. The van der Waals surface area contributed by atoms with Crippen LogP contribution in [0.4, 0.5) is 4.79 Å². The van der Waals surface area contributed by atoms with Gasteiger partial charge in [-0.25, -0.2) is 4.79 Å². The number of hydrogen-bond donors (Lipinski definition) is 3. The van der Waals surface area contributed by atoms with Crippen LogP contribution >= 0.6 is 0 Å². The van der Waals surface area contributed by atoms with Gasteiger partial charge in [0, 0.05) is 32.1 Å². The van der Waals surface area contributed by atoms with Gasteiger partial charge in [-0.05, 0) is 25.7 Å². The second kappa shape index (κ2) is 6.58. The topological polar surface area (TPSA) is 98.7 Å². The predicted molar refractivity (Wildman–Crippen MR) is 71.1 cm³/mol. The lowest BCUT2D eigenvalue weighted by Crippen LogP contribution is -2.48. The number of amides is 3. The molecular weight excluding hydrogens is 262 g/mol. The van der Waals surface area contributed by atoms with Gasteiger partial charge in [-0.1, -0.05) is 0 Å². The molecule has 0 aromatic heterocycles. The van der Waals surface area contributed by atoms with Gasteiger partial charge in [-0.2, -0.15) is 0 Å². The van der Waals surface area contributed by atoms with Crippen LogP contribution in [0.2, 0.25) is 0 Å². The number of aliphatic carboxylic acids is 1. The minimum Gasteiger partial charge on any atom is -0.481 e. The van der Waals surface area contributed by atoms with Crippen LogP contribution in [-0.2, 0) is 9.59 Å². The van der Waals surface area contributed by atoms with E-state index in [0.29, 0.717) is 32.5 Å². The summed E-state index contributed by atoms with van der Waals surface area (Å²) in [5, 5.41) is 14.4. The molecule has 0 spiro atoms. The van der Waals surface area contributed by atoms with Crippen molar-refractivity contribution in [3.8, 4) is 0 Å². The molecule has 3 amide bonds. The highest BCUT2D eigenvalue weighted by Crippen LogP contribution is 2.28. The summed E-state index contributed by atoms with van der Waals surface area (Å²) in [7, 11) is 0. The summed E-state index contributed by atoms with van der Waals surface area (Å²) in [4.78, 5) is 35.7. The highest BCUT2D eigenvalue weighted by Gasteiger charge is 2.29. The lowest BCUT2D eigenvalue weighted by molar-refractivity contribution is -0.143. The van der Waals surface area contributed by atoms with Gasteiger partial charge in [0.1, 0.15) is 0 Å². The molecule has 7 nitrogen and oxygen atoms in total. The van der Waals surface area contributed by atoms with Crippen LogP contribution in [-0.4, -0.2) is 54.1 Å². The minimum atomic E-state index is -0.848. The molecule has 0 radical (unpaired) electrons. The van der Waals surface area contributed by atoms with Crippen molar-refractivity contribution < 1.29 is 19.5 Å². The van der Waals surface area contributed by atoms with Crippen LogP contribution in [0.15, 0.2) is 0 Å². The fraction of sp³-hybridized carbons (Fsp3) is 0.769. The van der Waals surface area contributed by atoms with Crippen LogP contribution in [0.3, 0.4) is 0 Å². The maximum absolute atomic E-state index is 11.9. The van der Waals surface area contributed by atoms with Crippen molar-refractivity contribution in [2.75, 3.05) is 26.2 Å². The summed E-state index contributed by atoms with van der Waals surface area (Å²) < 4.78 is 0. The molecule has 0 unspecified atom stereocenters. The van der Waals surface area contributed by atoms with Gasteiger partial charge in [0.2, 0.25) is 5.91 Å². The van der Waals surface area contributed by atoms with Gasteiger partial charge in [-0.3, -0.25) is 9.59 Å². The summed E-state index contributed by atoms with van der Waals surface area (Å²) in [5.41, 5.74) is 0. The van der Waals surface area contributed by atoms with Gasteiger partial charge >= 0.3 is 12.0 Å². The zero-order valence-electron chi connectivity index (χ0n) is 11.4. The van der Waals surface area contributed by atoms with Gasteiger partial charge in [-0.15, -0.1) is 0 Å². The SMILES string of the molecule is O=C(NCCNC(=O)N1CCC[C@H](C(=O)O)C1)C1CC1. The molecule has 0 bridgehead atoms. The summed E-state index contributed by atoms with van der Waals surface area (Å²) in [6, 6.07) is -0.253. The number of carbonyl (C=O) groups is 3. The Bertz CT molecular complexity index is 395. The first-order valence-corrected chi connectivity index (χ1v) is 7.11. The number of piperidine rings is 1. The Morgan fingerprint density at radius 1 is 1.05 bits per heavy atom. The predicted octanol–water partition coefficient (Wildman–Crippen LogP) is 0.0188. The molecule has 1 saturated heterocycles. The van der Waals surface area contributed by atoms with Crippen LogP contribution in [0.25, 0.3) is 0 Å². The van der Waals surface area contributed by atoms with E-state index in [4.69, 9.17) is 5.11 Å². The zero-order chi connectivity index (χ0) is 14.5. The van der Waals surface area contributed by atoms with Gasteiger partial charge in [0.25, 0.3) is 0 Å².